The van der Waals surface area contributed by atoms with Gasteiger partial charge in [-0.3, -0.25) is 4.79 Å². The maximum absolute atomic E-state index is 12.8. The first-order chi connectivity index (χ1) is 11.9. The minimum Gasteiger partial charge on any atom is -0.496 e. The number of carbonyl (C=O) groups excluding carboxylic acids is 1. The molecule has 0 radical (unpaired) electrons. The van der Waals surface area contributed by atoms with Crippen LogP contribution in [0.1, 0.15) is 15.9 Å². The quantitative estimate of drug-likeness (QED) is 0.684. The van der Waals surface area contributed by atoms with Crippen molar-refractivity contribution in [3.8, 4) is 17.2 Å². The molecule has 0 fully saturated rings. The Kier molecular flexibility index (Phi) is 6.56. The number of hydrogen-bond donors (Lipinski definition) is 0. The van der Waals surface area contributed by atoms with Gasteiger partial charge in [0, 0.05) is 29.7 Å². The first-order valence-electron chi connectivity index (χ1n) is 7.40. The summed E-state index contributed by atoms with van der Waals surface area (Å²) in [5.41, 5.74) is 1.28. The summed E-state index contributed by atoms with van der Waals surface area (Å²) in [5, 5.41) is 0.587. The van der Waals surface area contributed by atoms with E-state index in [1.165, 1.54) is 14.2 Å². The smallest absolute Gasteiger partial charge is 0.254 e. The van der Waals surface area contributed by atoms with Crippen LogP contribution in [-0.4, -0.2) is 39.2 Å². The van der Waals surface area contributed by atoms with Crippen LogP contribution in [0.15, 0.2) is 34.8 Å². The van der Waals surface area contributed by atoms with Gasteiger partial charge in [0.05, 0.1) is 21.3 Å². The lowest BCUT2D eigenvalue weighted by molar-refractivity contribution is 0.0783. The summed E-state index contributed by atoms with van der Waals surface area (Å²) in [6.07, 6.45) is 0. The van der Waals surface area contributed by atoms with Crippen molar-refractivity contribution in [1.82, 2.24) is 4.90 Å². The van der Waals surface area contributed by atoms with Crippen LogP contribution < -0.4 is 14.2 Å². The average Bonchev–Trinajstić information content (AvgIpc) is 2.61. The Hall–Kier alpha value is -1.92. The number of rotatable bonds is 6. The monoisotopic (exact) mass is 427 g/mol. The number of methoxy groups -OCH3 is 3. The Morgan fingerprint density at radius 3 is 2.12 bits per heavy atom. The van der Waals surface area contributed by atoms with Gasteiger partial charge in [-0.05, 0) is 46.3 Å². The van der Waals surface area contributed by atoms with Crippen LogP contribution in [0, 0.1) is 0 Å². The molecule has 2 rings (SSSR count). The van der Waals surface area contributed by atoms with Crippen molar-refractivity contribution in [2.45, 2.75) is 6.54 Å². The molecule has 0 aliphatic rings. The van der Waals surface area contributed by atoms with Crippen molar-refractivity contribution >= 4 is 33.4 Å². The summed E-state index contributed by atoms with van der Waals surface area (Å²) < 4.78 is 16.6. The minimum absolute atomic E-state index is 0.175. The number of hydrogen-bond acceptors (Lipinski definition) is 4. The highest BCUT2D eigenvalue weighted by Crippen LogP contribution is 2.36. The third-order valence-electron chi connectivity index (χ3n) is 3.69. The molecule has 0 aromatic heterocycles. The van der Waals surface area contributed by atoms with Gasteiger partial charge in [-0.15, -0.1) is 0 Å². The lowest BCUT2D eigenvalue weighted by atomic mass is 10.1. The zero-order valence-corrected chi connectivity index (χ0v) is 16.8. The molecule has 0 aliphatic heterocycles. The highest BCUT2D eigenvalue weighted by molar-refractivity contribution is 9.10. The fourth-order valence-corrected chi connectivity index (χ4v) is 3.16. The van der Waals surface area contributed by atoms with Gasteiger partial charge in [0.1, 0.15) is 21.7 Å². The molecule has 0 N–H and O–H groups in total. The number of halogens is 2. The fraction of sp³-hybridized carbons (Fsp3) is 0.278. The minimum atomic E-state index is -0.175. The van der Waals surface area contributed by atoms with Crippen LogP contribution in [0.4, 0.5) is 0 Å². The predicted molar refractivity (Wildman–Crippen MR) is 101 cm³/mol. The third kappa shape index (κ3) is 4.38. The number of carbonyl (C=O) groups is 1. The normalized spacial score (nSPS) is 10.3. The van der Waals surface area contributed by atoms with Crippen molar-refractivity contribution < 1.29 is 19.0 Å². The van der Waals surface area contributed by atoms with Crippen LogP contribution >= 0.6 is 27.5 Å². The molecule has 0 saturated heterocycles. The number of benzene rings is 2. The van der Waals surface area contributed by atoms with Crippen LogP contribution in [0.25, 0.3) is 0 Å². The number of ether oxygens (including phenoxy) is 3. The van der Waals surface area contributed by atoms with E-state index in [1.54, 1.807) is 49.4 Å². The van der Waals surface area contributed by atoms with Gasteiger partial charge in [-0.2, -0.15) is 0 Å². The van der Waals surface area contributed by atoms with Gasteiger partial charge in [0.2, 0.25) is 0 Å². The largest absolute Gasteiger partial charge is 0.496 e. The molecule has 0 saturated carbocycles. The SMILES string of the molecule is COc1ccc(Cl)cc1CN(C)C(=O)c1cc(OC)c(Br)c(OC)c1. The molecule has 0 atom stereocenters. The number of amides is 1. The van der Waals surface area contributed by atoms with Crippen molar-refractivity contribution in [2.24, 2.45) is 0 Å². The van der Waals surface area contributed by atoms with E-state index in [9.17, 15) is 4.79 Å². The molecule has 0 aliphatic carbocycles. The molecule has 7 heteroatoms. The lowest BCUT2D eigenvalue weighted by Crippen LogP contribution is -2.26. The summed E-state index contributed by atoms with van der Waals surface area (Å²) in [7, 11) is 6.37. The first-order valence-corrected chi connectivity index (χ1v) is 8.57. The van der Waals surface area contributed by atoms with E-state index in [-0.39, 0.29) is 5.91 Å². The predicted octanol–water partition coefficient (Wildman–Crippen LogP) is 4.40. The Bertz CT molecular complexity index is 757. The van der Waals surface area contributed by atoms with Gasteiger partial charge in [-0.1, -0.05) is 11.6 Å². The molecule has 0 heterocycles. The standard InChI is InChI=1S/C18H19BrClNO4/c1-21(10-12-7-13(20)5-6-14(12)23-2)18(22)11-8-15(24-3)17(19)16(9-11)25-4/h5-9H,10H2,1-4H3. The topological polar surface area (TPSA) is 48.0 Å². The Morgan fingerprint density at radius 2 is 1.60 bits per heavy atom. The molecular weight excluding hydrogens is 410 g/mol. The van der Waals surface area contributed by atoms with Crippen LogP contribution in [-0.2, 0) is 6.54 Å². The zero-order valence-electron chi connectivity index (χ0n) is 14.4. The second-order valence-electron chi connectivity index (χ2n) is 5.31. The molecule has 0 unspecified atom stereocenters. The van der Waals surface area contributed by atoms with E-state index in [4.69, 9.17) is 25.8 Å². The molecule has 2 aromatic rings. The Labute approximate surface area is 160 Å². The van der Waals surface area contributed by atoms with Crippen molar-refractivity contribution in [1.29, 1.82) is 0 Å². The molecular formula is C18H19BrClNO4. The average molecular weight is 429 g/mol. The van der Waals surface area contributed by atoms with Crippen molar-refractivity contribution in [3.63, 3.8) is 0 Å². The van der Waals surface area contributed by atoms with Gasteiger partial charge < -0.3 is 19.1 Å². The van der Waals surface area contributed by atoms with Crippen molar-refractivity contribution in [2.75, 3.05) is 28.4 Å². The molecule has 5 nitrogen and oxygen atoms in total. The Morgan fingerprint density at radius 1 is 1.04 bits per heavy atom. The molecule has 2 aromatic carbocycles. The second kappa shape index (κ2) is 8.45. The summed E-state index contributed by atoms with van der Waals surface area (Å²) in [4.78, 5) is 14.4. The van der Waals surface area contributed by atoms with Crippen LogP contribution in [0.2, 0.25) is 5.02 Å². The van der Waals surface area contributed by atoms with Gasteiger partial charge in [-0.25, -0.2) is 0 Å². The maximum Gasteiger partial charge on any atom is 0.254 e. The third-order valence-corrected chi connectivity index (χ3v) is 4.71. The maximum atomic E-state index is 12.8. The highest BCUT2D eigenvalue weighted by atomic mass is 79.9. The summed E-state index contributed by atoms with van der Waals surface area (Å²) in [6.45, 7) is 0.350. The van der Waals surface area contributed by atoms with Crippen LogP contribution in [0.3, 0.4) is 0 Å². The molecule has 1 amide bonds. The van der Waals surface area contributed by atoms with Gasteiger partial charge in [0.25, 0.3) is 5.91 Å². The second-order valence-corrected chi connectivity index (χ2v) is 6.54. The van der Waals surface area contributed by atoms with Gasteiger partial charge in [0.15, 0.2) is 0 Å². The molecule has 134 valence electrons. The van der Waals surface area contributed by atoms with E-state index in [0.717, 1.165) is 5.56 Å². The van der Waals surface area contributed by atoms with E-state index < -0.39 is 0 Å². The van der Waals surface area contributed by atoms with E-state index in [2.05, 4.69) is 15.9 Å². The first kappa shape index (κ1) is 19.4. The number of nitrogens with zero attached hydrogens (tertiary/aromatic N) is 1. The Balaban J connectivity index is 2.30. The molecule has 0 bridgehead atoms. The van der Waals surface area contributed by atoms with Gasteiger partial charge >= 0.3 is 0 Å². The zero-order chi connectivity index (χ0) is 18.6. The van der Waals surface area contributed by atoms with E-state index in [1.807, 2.05) is 0 Å². The molecule has 0 spiro atoms. The van der Waals surface area contributed by atoms with E-state index in [0.29, 0.717) is 38.9 Å². The summed E-state index contributed by atoms with van der Waals surface area (Å²) in [6, 6.07) is 8.64. The lowest BCUT2D eigenvalue weighted by Gasteiger charge is -2.20. The van der Waals surface area contributed by atoms with Crippen LogP contribution in [0.5, 0.6) is 17.2 Å². The molecule has 25 heavy (non-hydrogen) atoms. The summed E-state index contributed by atoms with van der Waals surface area (Å²) >= 11 is 9.45. The van der Waals surface area contributed by atoms with E-state index >= 15 is 0 Å². The summed E-state index contributed by atoms with van der Waals surface area (Å²) in [5.74, 6) is 1.55. The fourth-order valence-electron chi connectivity index (χ4n) is 2.41. The highest BCUT2D eigenvalue weighted by Gasteiger charge is 2.19. The van der Waals surface area contributed by atoms with Crippen molar-refractivity contribution in [3.05, 3.63) is 51.0 Å².